The second kappa shape index (κ2) is 18.4. The number of nitro benzene ring substituents is 1. The molecule has 19 heteroatoms. The number of nitro groups is 1. The summed E-state index contributed by atoms with van der Waals surface area (Å²) in [4.78, 5) is 54.0. The molecule has 1 aromatic carbocycles. The first-order valence-corrected chi connectivity index (χ1v) is 23.9. The highest BCUT2D eigenvalue weighted by molar-refractivity contribution is 6.56. The van der Waals surface area contributed by atoms with Gasteiger partial charge in [-0.25, -0.2) is 14.4 Å². The summed E-state index contributed by atoms with van der Waals surface area (Å²) >= 11 is 0. The zero-order valence-corrected chi connectivity index (χ0v) is 39.3. The highest BCUT2D eigenvalue weighted by atomic mass is 17.0. The predicted molar refractivity (Wildman–Crippen MR) is 233 cm³/mol. The van der Waals surface area contributed by atoms with Gasteiger partial charge in [0.2, 0.25) is 0 Å². The number of hydrogen-bond donors (Lipinski definition) is 2. The fourth-order valence-electron chi connectivity index (χ4n) is 11.0. The molecule has 8 rings (SSSR count). The van der Waals surface area contributed by atoms with Crippen LogP contribution in [0.4, 0.5) is 5.69 Å². The van der Waals surface area contributed by atoms with Crippen LogP contribution in [0.25, 0.3) is 0 Å². The van der Waals surface area contributed by atoms with Crippen molar-refractivity contribution < 1.29 is 76.6 Å². The van der Waals surface area contributed by atoms with Gasteiger partial charge in [-0.1, -0.05) is 53.7 Å². The molecule has 1 aromatic rings. The maximum atomic E-state index is 15.1. The number of esters is 3. The number of allylic oxidation sites excluding steroid dienone is 1. The van der Waals surface area contributed by atoms with E-state index in [2.05, 4.69) is 0 Å². The molecule has 3 spiro atoms. The van der Waals surface area contributed by atoms with E-state index < -0.39 is 125 Å². The summed E-state index contributed by atoms with van der Waals surface area (Å²) < 4.78 is 66.0. The molecule has 6 fully saturated rings. The Morgan fingerprint density at radius 2 is 1.36 bits per heavy atom. The molecular formula is C47H67BNO17-. The van der Waals surface area contributed by atoms with Gasteiger partial charge in [0.05, 0.1) is 47.1 Å². The average molecular weight is 929 g/mol. The summed E-state index contributed by atoms with van der Waals surface area (Å²) in [5, 5.41) is 34.9. The third-order valence-electron chi connectivity index (χ3n) is 15.8. The molecule has 0 amide bonds. The van der Waals surface area contributed by atoms with Gasteiger partial charge in [-0.05, 0) is 83.8 Å². The summed E-state index contributed by atoms with van der Waals surface area (Å²) in [5.41, 5.74) is -1.91. The summed E-state index contributed by atoms with van der Waals surface area (Å²) in [5.74, 6) is -7.54. The Labute approximate surface area is 385 Å². The minimum Gasteiger partial charge on any atom is -0.504 e. The Hall–Kier alpha value is -3.53. The third kappa shape index (κ3) is 8.96. The van der Waals surface area contributed by atoms with Gasteiger partial charge >= 0.3 is 24.9 Å². The van der Waals surface area contributed by atoms with Gasteiger partial charge in [0.15, 0.2) is 23.8 Å². The number of fused-ring (bicyclic) bond motifs is 6. The molecule has 0 aromatic heterocycles. The van der Waals surface area contributed by atoms with E-state index in [-0.39, 0.29) is 23.8 Å². The predicted octanol–water partition coefficient (Wildman–Crippen LogP) is 6.13. The molecule has 7 aliphatic heterocycles. The van der Waals surface area contributed by atoms with E-state index in [0.29, 0.717) is 64.2 Å². The third-order valence-corrected chi connectivity index (χ3v) is 15.8. The lowest BCUT2D eigenvalue weighted by molar-refractivity contribution is -0.384. The van der Waals surface area contributed by atoms with Crippen LogP contribution in [-0.4, -0.2) is 119 Å². The lowest BCUT2D eigenvalue weighted by Crippen LogP contribution is -2.61. The van der Waals surface area contributed by atoms with E-state index in [1.54, 1.807) is 13.0 Å². The van der Waals surface area contributed by atoms with Crippen LogP contribution in [0, 0.1) is 32.8 Å². The number of carbonyl (C=O) groups excluding carboxylic acids is 3. The molecule has 1 unspecified atom stereocenters. The Bertz CT molecular complexity index is 2020. The van der Waals surface area contributed by atoms with Gasteiger partial charge in [-0.3, -0.25) is 10.1 Å². The van der Waals surface area contributed by atoms with Crippen LogP contribution in [0.2, 0.25) is 0 Å². The first-order valence-electron chi connectivity index (χ1n) is 23.9. The summed E-state index contributed by atoms with van der Waals surface area (Å²) in [6.07, 6.45) is -1.42. The second-order valence-corrected chi connectivity index (χ2v) is 20.9. The number of benzene rings is 1. The molecule has 0 aliphatic carbocycles. The molecule has 18 nitrogen and oxygen atoms in total. The van der Waals surface area contributed by atoms with Crippen molar-refractivity contribution in [3.05, 3.63) is 52.1 Å². The number of hydrogen-bond acceptors (Lipinski definition) is 17. The Morgan fingerprint density at radius 1 is 0.803 bits per heavy atom. The van der Waals surface area contributed by atoms with Crippen molar-refractivity contribution in [2.45, 2.75) is 205 Å². The number of carbonyl (C=O) groups is 3. The molecule has 7 aliphatic rings. The van der Waals surface area contributed by atoms with Crippen molar-refractivity contribution in [1.29, 1.82) is 0 Å². The monoisotopic (exact) mass is 928 g/mol. The Morgan fingerprint density at radius 3 is 1.94 bits per heavy atom. The molecule has 16 atom stereocenters. The van der Waals surface area contributed by atoms with Gasteiger partial charge in [0, 0.05) is 47.6 Å². The lowest BCUT2D eigenvalue weighted by Gasteiger charge is -2.52. The first kappa shape index (κ1) is 48.9. The number of nitrogens with zero attached hydrogens (tertiary/aromatic N) is 1. The fourth-order valence-corrected chi connectivity index (χ4v) is 11.0. The normalized spacial score (nSPS) is 43.5. The quantitative estimate of drug-likeness (QED) is 0.0865. The molecule has 0 saturated carbocycles. The average Bonchev–Trinajstić information content (AvgIpc) is 3.90. The van der Waals surface area contributed by atoms with Gasteiger partial charge in [0.25, 0.3) is 5.69 Å². The molecule has 0 radical (unpaired) electrons. The maximum Gasteiger partial charge on any atom is 0.536 e. The second-order valence-electron chi connectivity index (χ2n) is 20.9. The van der Waals surface area contributed by atoms with E-state index in [1.165, 1.54) is 24.3 Å². The van der Waals surface area contributed by atoms with Crippen LogP contribution in [0.5, 0.6) is 0 Å². The standard InChI is InChI=1S/C47H67BNO17/c1-26-18-24-38-45(7,8)36(51)16-12-13-32-25-34(29(4)57-32)60-43(54)40-47-27(2)17-23-37(61-47)44(5,6)35(50)15-11-9-10-14-33(28(3)58-41(52)30-19-21-31(22-20-30)49(55)56)59-42(53)39-46(26,62-38)65-48(63-39,64-40)66-47/h9-10,19-22,26-29,32-40,50-51H,11-18,23-25H2,1-8H3/q-1/b10-9-/t26-,27-,28-,29-,32-,33+,34+,35+,36-,37+,38+,39+,40+,46+,47+,48?/m1/s1. The van der Waals surface area contributed by atoms with Crippen molar-refractivity contribution in [2.75, 3.05) is 0 Å². The van der Waals surface area contributed by atoms with Crippen LogP contribution < -0.4 is 0 Å². The summed E-state index contributed by atoms with van der Waals surface area (Å²) in [6.45, 7) is 11.2. The molecule has 9 bridgehead atoms. The number of cyclic esters (lactones) is 1. The smallest absolute Gasteiger partial charge is 0.504 e. The van der Waals surface area contributed by atoms with Crippen LogP contribution in [0.3, 0.4) is 0 Å². The van der Waals surface area contributed by atoms with Gasteiger partial charge in [-0.15, -0.1) is 0 Å². The molecule has 66 heavy (non-hydrogen) atoms. The number of aliphatic hydroxyl groups excluding tert-OH is 2. The zero-order chi connectivity index (χ0) is 47.6. The van der Waals surface area contributed by atoms with Crippen molar-refractivity contribution in [1.82, 2.24) is 0 Å². The molecule has 2 N–H and O–H groups in total. The molecule has 366 valence electrons. The number of rotatable bonds is 4. The van der Waals surface area contributed by atoms with E-state index in [4.69, 9.17) is 47.0 Å². The van der Waals surface area contributed by atoms with Gasteiger partial charge in [-0.2, -0.15) is 0 Å². The van der Waals surface area contributed by atoms with E-state index in [1.807, 2.05) is 54.5 Å². The largest absolute Gasteiger partial charge is 0.536 e. The molecular weight excluding hydrogens is 861 g/mol. The highest BCUT2D eigenvalue weighted by Gasteiger charge is 2.73. The highest BCUT2D eigenvalue weighted by Crippen LogP contribution is 2.57. The minimum absolute atomic E-state index is 0.0477. The van der Waals surface area contributed by atoms with Crippen LogP contribution >= 0.6 is 0 Å². The number of non-ortho nitro benzene ring substituents is 1. The number of ether oxygens (including phenoxy) is 6. The van der Waals surface area contributed by atoms with E-state index in [0.717, 1.165) is 0 Å². The van der Waals surface area contributed by atoms with Crippen LogP contribution in [-0.2, 0) is 56.6 Å². The van der Waals surface area contributed by atoms with E-state index >= 15 is 4.79 Å². The Kier molecular flexibility index (Phi) is 13.7. The van der Waals surface area contributed by atoms with Crippen LogP contribution in [0.1, 0.15) is 136 Å². The SMILES string of the molecule is C[C@@H]1CC[C@@H]2O[C@]13O[B-]14O[C@H]3C(=O)O[C@H]([C@@H](C)OC(=O)c3ccc([N+](=O)[O-])cc3)C/C=C\CC[C@H](O)C(C)(C)[C@@H]3CC[C@@H](C)[C@](O3)(O1)[C@@H](O4)C(=O)O[C@H]1C[C@@H](CCC[C@@H](O)C2(C)C)O[C@@H]1C. The summed E-state index contributed by atoms with van der Waals surface area (Å²) in [7, 11) is 0. The Balaban J connectivity index is 1.22. The first-order chi connectivity index (χ1) is 31.1. The maximum absolute atomic E-state index is 15.1. The van der Waals surface area contributed by atoms with E-state index in [9.17, 15) is 29.9 Å². The van der Waals surface area contributed by atoms with Crippen LogP contribution in [0.15, 0.2) is 36.4 Å². The van der Waals surface area contributed by atoms with Crippen molar-refractivity contribution in [3.8, 4) is 0 Å². The van der Waals surface area contributed by atoms with Gasteiger partial charge < -0.3 is 57.3 Å². The van der Waals surface area contributed by atoms with Crippen molar-refractivity contribution >= 4 is 30.6 Å². The summed E-state index contributed by atoms with van der Waals surface area (Å²) in [6, 6.07) is 4.94. The minimum atomic E-state index is -3.58. The molecule has 6 saturated heterocycles. The fraction of sp³-hybridized carbons (Fsp3) is 0.766. The lowest BCUT2D eigenvalue weighted by atomic mass is 9.73. The topological polar surface area (TPSA) is 227 Å². The molecule has 7 heterocycles. The van der Waals surface area contributed by atoms with Crippen molar-refractivity contribution in [3.63, 3.8) is 0 Å². The van der Waals surface area contributed by atoms with Gasteiger partial charge in [0.1, 0.15) is 18.3 Å². The number of aliphatic hydroxyl groups is 2. The van der Waals surface area contributed by atoms with Crippen molar-refractivity contribution in [2.24, 2.45) is 22.7 Å². The zero-order valence-electron chi connectivity index (χ0n) is 39.3.